The van der Waals surface area contributed by atoms with E-state index in [0.29, 0.717) is 30.4 Å². The highest BCUT2D eigenvalue weighted by Gasteiger charge is 2.29. The van der Waals surface area contributed by atoms with Gasteiger partial charge in [-0.1, -0.05) is 0 Å². The zero-order valence-electron chi connectivity index (χ0n) is 13.5. The number of hydrogen-bond donors (Lipinski definition) is 0. The Bertz CT molecular complexity index is 965. The summed E-state index contributed by atoms with van der Waals surface area (Å²) < 4.78 is 33.2. The number of aromatic nitrogens is 1. The van der Waals surface area contributed by atoms with Gasteiger partial charge in [0.05, 0.1) is 29.7 Å². The summed E-state index contributed by atoms with van der Waals surface area (Å²) >= 11 is 5.28. The molecule has 1 aliphatic carbocycles. The molecule has 1 saturated carbocycles. The smallest absolute Gasteiger partial charge is 0.270 e. The number of sulfonamides is 1. The second-order valence-electron chi connectivity index (χ2n) is 5.99. The summed E-state index contributed by atoms with van der Waals surface area (Å²) in [6.07, 6.45) is 2.12. The Morgan fingerprint density at radius 1 is 1.42 bits per heavy atom. The van der Waals surface area contributed by atoms with Crippen molar-refractivity contribution >= 4 is 33.3 Å². The SMILES string of the molecule is CN(C)S(=O)(=O)c1ccc2oc(=S)n(CN(CC#N)C3CC3)c2c1. The summed E-state index contributed by atoms with van der Waals surface area (Å²) in [7, 11) is -0.562. The summed E-state index contributed by atoms with van der Waals surface area (Å²) in [6, 6.07) is 7.24. The predicted octanol–water partition coefficient (Wildman–Crippen LogP) is 2.16. The first-order valence-electron chi connectivity index (χ1n) is 7.51. The number of nitriles is 1. The molecule has 0 bridgehead atoms. The highest BCUT2D eigenvalue weighted by atomic mass is 32.2. The zero-order chi connectivity index (χ0) is 17.5. The summed E-state index contributed by atoms with van der Waals surface area (Å²) in [5.41, 5.74) is 1.15. The molecule has 0 aliphatic heterocycles. The molecular weight excluding hydrogens is 348 g/mol. The Morgan fingerprint density at radius 3 is 2.71 bits per heavy atom. The Balaban J connectivity index is 2.06. The Labute approximate surface area is 145 Å². The van der Waals surface area contributed by atoms with Crippen LogP contribution in [0, 0.1) is 16.2 Å². The first-order chi connectivity index (χ1) is 11.3. The largest absolute Gasteiger partial charge is 0.429 e. The molecule has 1 heterocycles. The highest BCUT2D eigenvalue weighted by Crippen LogP contribution is 2.29. The van der Waals surface area contributed by atoms with E-state index in [4.69, 9.17) is 21.9 Å². The molecule has 9 heteroatoms. The first kappa shape index (κ1) is 17.1. The van der Waals surface area contributed by atoms with Gasteiger partial charge in [-0.05, 0) is 43.3 Å². The van der Waals surface area contributed by atoms with Crippen molar-refractivity contribution in [2.24, 2.45) is 0 Å². The maximum Gasteiger partial charge on any atom is 0.270 e. The van der Waals surface area contributed by atoms with Gasteiger partial charge in [0, 0.05) is 20.1 Å². The molecule has 128 valence electrons. The van der Waals surface area contributed by atoms with E-state index < -0.39 is 10.0 Å². The van der Waals surface area contributed by atoms with Crippen LogP contribution in [-0.2, 0) is 16.7 Å². The van der Waals surface area contributed by atoms with E-state index in [2.05, 4.69) is 6.07 Å². The minimum Gasteiger partial charge on any atom is -0.429 e. The van der Waals surface area contributed by atoms with E-state index in [1.165, 1.54) is 24.5 Å². The third kappa shape index (κ3) is 3.10. The summed E-state index contributed by atoms with van der Waals surface area (Å²) in [5.74, 6) is 0. The predicted molar refractivity (Wildman–Crippen MR) is 91.3 cm³/mol. The number of rotatable bonds is 6. The number of hydrogen-bond acceptors (Lipinski definition) is 6. The molecule has 0 atom stereocenters. The topological polar surface area (TPSA) is 82.5 Å². The quantitative estimate of drug-likeness (QED) is 0.575. The molecule has 1 fully saturated rings. The fourth-order valence-electron chi connectivity index (χ4n) is 2.55. The molecule has 1 aliphatic rings. The van der Waals surface area contributed by atoms with Crippen LogP contribution in [0.1, 0.15) is 12.8 Å². The number of fused-ring (bicyclic) bond motifs is 1. The van der Waals surface area contributed by atoms with Gasteiger partial charge in [-0.2, -0.15) is 5.26 Å². The molecule has 1 aromatic heterocycles. The average Bonchev–Trinajstić information content (AvgIpc) is 3.32. The van der Waals surface area contributed by atoms with Crippen LogP contribution < -0.4 is 0 Å². The Kier molecular flexibility index (Phi) is 4.48. The van der Waals surface area contributed by atoms with Crippen molar-refractivity contribution in [3.63, 3.8) is 0 Å². The molecule has 1 aromatic carbocycles. The van der Waals surface area contributed by atoms with Gasteiger partial charge in [-0.25, -0.2) is 12.7 Å². The lowest BCUT2D eigenvalue weighted by Crippen LogP contribution is -2.29. The molecule has 2 aromatic rings. The van der Waals surface area contributed by atoms with Crippen molar-refractivity contribution in [3.8, 4) is 6.07 Å². The highest BCUT2D eigenvalue weighted by molar-refractivity contribution is 7.89. The second kappa shape index (κ2) is 6.29. The van der Waals surface area contributed by atoms with Crippen molar-refractivity contribution in [2.75, 3.05) is 20.6 Å². The van der Waals surface area contributed by atoms with E-state index >= 15 is 0 Å². The summed E-state index contributed by atoms with van der Waals surface area (Å²) in [6.45, 7) is 0.713. The number of benzene rings is 1. The molecule has 0 spiro atoms. The van der Waals surface area contributed by atoms with Gasteiger partial charge in [0.1, 0.15) is 0 Å². The molecule has 0 saturated heterocycles. The van der Waals surface area contributed by atoms with Crippen molar-refractivity contribution in [1.82, 2.24) is 13.8 Å². The lowest BCUT2D eigenvalue weighted by Gasteiger charge is -2.19. The second-order valence-corrected chi connectivity index (χ2v) is 8.49. The van der Waals surface area contributed by atoms with Crippen LogP contribution in [0.25, 0.3) is 11.1 Å². The molecule has 3 rings (SSSR count). The third-order valence-electron chi connectivity index (χ3n) is 4.08. The van der Waals surface area contributed by atoms with Crippen LogP contribution >= 0.6 is 12.2 Å². The van der Waals surface area contributed by atoms with Crippen LogP contribution in [0.5, 0.6) is 0 Å². The number of oxazole rings is 1. The molecule has 0 radical (unpaired) electrons. The van der Waals surface area contributed by atoms with Crippen molar-refractivity contribution in [1.29, 1.82) is 5.26 Å². The third-order valence-corrected chi connectivity index (χ3v) is 6.19. The summed E-state index contributed by atoms with van der Waals surface area (Å²) in [5, 5.41) is 9.00. The van der Waals surface area contributed by atoms with Gasteiger partial charge in [0.25, 0.3) is 4.84 Å². The summed E-state index contributed by atoms with van der Waals surface area (Å²) in [4.78, 5) is 2.48. The lowest BCUT2D eigenvalue weighted by molar-refractivity contribution is 0.231. The van der Waals surface area contributed by atoms with Crippen molar-refractivity contribution in [3.05, 3.63) is 23.0 Å². The normalized spacial score (nSPS) is 15.3. The van der Waals surface area contributed by atoms with Crippen LogP contribution in [0.2, 0.25) is 0 Å². The van der Waals surface area contributed by atoms with Gasteiger partial charge in [-0.3, -0.25) is 9.47 Å². The van der Waals surface area contributed by atoms with Gasteiger partial charge in [0.15, 0.2) is 5.58 Å². The minimum atomic E-state index is -3.54. The monoisotopic (exact) mass is 366 g/mol. The Hall–Kier alpha value is -1.73. The fourth-order valence-corrected chi connectivity index (χ4v) is 3.72. The van der Waals surface area contributed by atoms with Gasteiger partial charge in [0.2, 0.25) is 10.0 Å². The van der Waals surface area contributed by atoms with Gasteiger partial charge < -0.3 is 4.42 Å². The van der Waals surface area contributed by atoms with Crippen molar-refractivity contribution in [2.45, 2.75) is 30.4 Å². The van der Waals surface area contributed by atoms with E-state index in [1.54, 1.807) is 16.7 Å². The zero-order valence-corrected chi connectivity index (χ0v) is 15.1. The van der Waals surface area contributed by atoms with Crippen LogP contribution in [0.4, 0.5) is 0 Å². The molecule has 0 amide bonds. The number of nitrogens with zero attached hydrogens (tertiary/aromatic N) is 4. The molecule has 7 nitrogen and oxygen atoms in total. The Morgan fingerprint density at radius 2 is 2.12 bits per heavy atom. The fraction of sp³-hybridized carbons (Fsp3) is 0.467. The van der Waals surface area contributed by atoms with Gasteiger partial charge in [-0.15, -0.1) is 0 Å². The van der Waals surface area contributed by atoms with Crippen LogP contribution in [-0.4, -0.2) is 48.9 Å². The minimum absolute atomic E-state index is 0.183. The van der Waals surface area contributed by atoms with Gasteiger partial charge >= 0.3 is 0 Å². The molecular formula is C15H18N4O3S2. The maximum absolute atomic E-state index is 12.3. The molecule has 24 heavy (non-hydrogen) atoms. The van der Waals surface area contributed by atoms with E-state index in [-0.39, 0.29) is 9.73 Å². The van der Waals surface area contributed by atoms with Crippen molar-refractivity contribution < 1.29 is 12.8 Å². The lowest BCUT2D eigenvalue weighted by atomic mass is 10.3. The van der Waals surface area contributed by atoms with E-state index in [9.17, 15) is 8.42 Å². The maximum atomic E-state index is 12.3. The standard InChI is InChI=1S/C15H18N4O3S2/c1-17(2)24(20,21)12-5-6-14-13(9-12)19(15(23)22-14)10-18(8-7-16)11-3-4-11/h5-6,9,11H,3-4,8,10H2,1-2H3. The van der Waals surface area contributed by atoms with E-state index in [0.717, 1.165) is 12.8 Å². The van der Waals surface area contributed by atoms with Crippen LogP contribution in [0.3, 0.4) is 0 Å². The molecule has 0 unspecified atom stereocenters. The van der Waals surface area contributed by atoms with E-state index in [1.807, 2.05) is 4.90 Å². The average molecular weight is 366 g/mol. The molecule has 0 N–H and O–H groups in total. The van der Waals surface area contributed by atoms with Crippen LogP contribution in [0.15, 0.2) is 27.5 Å². The first-order valence-corrected chi connectivity index (χ1v) is 9.36.